The van der Waals surface area contributed by atoms with Crippen LogP contribution in [0, 0.1) is 11.3 Å². The number of carbonyl (C=O) groups excluding carboxylic acids is 1. The zero-order valence-electron chi connectivity index (χ0n) is 11.0. The molecule has 0 bridgehead atoms. The Morgan fingerprint density at radius 3 is 2.53 bits per heavy atom. The van der Waals surface area contributed by atoms with E-state index in [1.165, 1.54) is 32.1 Å². The highest BCUT2D eigenvalue weighted by Crippen LogP contribution is 2.37. The van der Waals surface area contributed by atoms with Crippen LogP contribution in [0.3, 0.4) is 0 Å². The van der Waals surface area contributed by atoms with Gasteiger partial charge >= 0.3 is 0 Å². The van der Waals surface area contributed by atoms with E-state index in [1.807, 2.05) is 0 Å². The number of hydrogen-bond donors (Lipinski definition) is 2. The van der Waals surface area contributed by atoms with Crippen molar-refractivity contribution in [3.05, 3.63) is 0 Å². The van der Waals surface area contributed by atoms with Crippen molar-refractivity contribution >= 4 is 5.91 Å². The van der Waals surface area contributed by atoms with Gasteiger partial charge in [-0.2, -0.15) is 0 Å². The topological polar surface area (TPSA) is 55.1 Å². The summed E-state index contributed by atoms with van der Waals surface area (Å²) in [5.74, 6) is 0.755. The standard InChI is InChI=1S/C14H26N2O/c1-14(8-4-5-9-14)13(17)16-10-11-6-2-3-7-12(11)15/h11-12H,2-10,15H2,1H3,(H,16,17). The van der Waals surface area contributed by atoms with Crippen LogP contribution in [0.5, 0.6) is 0 Å². The Kier molecular flexibility index (Phi) is 4.08. The summed E-state index contributed by atoms with van der Waals surface area (Å²) in [4.78, 5) is 12.2. The number of nitrogens with two attached hydrogens (primary N) is 1. The van der Waals surface area contributed by atoms with Crippen LogP contribution in [0.4, 0.5) is 0 Å². The lowest BCUT2D eigenvalue weighted by Gasteiger charge is -2.30. The fourth-order valence-electron chi connectivity index (χ4n) is 3.31. The Hall–Kier alpha value is -0.570. The minimum Gasteiger partial charge on any atom is -0.355 e. The predicted molar refractivity (Wildman–Crippen MR) is 69.5 cm³/mol. The van der Waals surface area contributed by atoms with Gasteiger partial charge in [0.15, 0.2) is 0 Å². The number of rotatable bonds is 3. The molecule has 2 atom stereocenters. The minimum absolute atomic E-state index is 0.0985. The molecule has 1 amide bonds. The van der Waals surface area contributed by atoms with Crippen molar-refractivity contribution in [2.45, 2.75) is 64.3 Å². The third-order valence-corrected chi connectivity index (χ3v) is 4.75. The van der Waals surface area contributed by atoms with Crippen molar-refractivity contribution in [3.8, 4) is 0 Å². The largest absolute Gasteiger partial charge is 0.355 e. The van der Waals surface area contributed by atoms with Crippen LogP contribution in [0.25, 0.3) is 0 Å². The summed E-state index contributed by atoms with van der Waals surface area (Å²) in [5.41, 5.74) is 6.00. The maximum Gasteiger partial charge on any atom is 0.225 e. The molecule has 3 nitrogen and oxygen atoms in total. The quantitative estimate of drug-likeness (QED) is 0.792. The van der Waals surface area contributed by atoms with E-state index in [9.17, 15) is 4.79 Å². The Bertz CT molecular complexity index is 271. The van der Waals surface area contributed by atoms with Crippen LogP contribution in [-0.4, -0.2) is 18.5 Å². The minimum atomic E-state index is -0.0985. The molecule has 2 rings (SSSR count). The van der Waals surface area contributed by atoms with Crippen molar-refractivity contribution in [1.82, 2.24) is 5.32 Å². The Morgan fingerprint density at radius 1 is 1.24 bits per heavy atom. The van der Waals surface area contributed by atoms with Crippen LogP contribution in [0.1, 0.15) is 58.3 Å². The molecule has 0 aromatic carbocycles. The highest BCUT2D eigenvalue weighted by molar-refractivity contribution is 5.82. The maximum atomic E-state index is 12.2. The molecule has 17 heavy (non-hydrogen) atoms. The molecule has 3 N–H and O–H groups in total. The highest BCUT2D eigenvalue weighted by Gasteiger charge is 2.36. The molecule has 2 aliphatic carbocycles. The smallest absolute Gasteiger partial charge is 0.225 e. The zero-order chi connectivity index (χ0) is 12.3. The molecular formula is C14H26N2O. The summed E-state index contributed by atoms with van der Waals surface area (Å²) in [6.07, 6.45) is 9.33. The fraction of sp³-hybridized carbons (Fsp3) is 0.929. The van der Waals surface area contributed by atoms with Gasteiger partial charge in [0.05, 0.1) is 0 Å². The van der Waals surface area contributed by atoms with Gasteiger partial charge in [0.2, 0.25) is 5.91 Å². The van der Waals surface area contributed by atoms with Gasteiger partial charge in [-0.25, -0.2) is 0 Å². The van der Waals surface area contributed by atoms with Gasteiger partial charge in [0.1, 0.15) is 0 Å². The first-order chi connectivity index (χ1) is 8.12. The van der Waals surface area contributed by atoms with Crippen molar-refractivity contribution in [1.29, 1.82) is 0 Å². The van der Waals surface area contributed by atoms with E-state index in [0.717, 1.165) is 25.8 Å². The van der Waals surface area contributed by atoms with E-state index in [-0.39, 0.29) is 11.3 Å². The SMILES string of the molecule is CC1(C(=O)NCC2CCCCC2N)CCCC1. The molecule has 0 saturated heterocycles. The highest BCUT2D eigenvalue weighted by atomic mass is 16.2. The molecule has 2 unspecified atom stereocenters. The molecule has 0 radical (unpaired) electrons. The van der Waals surface area contributed by atoms with Crippen molar-refractivity contribution in [3.63, 3.8) is 0 Å². The van der Waals surface area contributed by atoms with E-state index < -0.39 is 0 Å². The maximum absolute atomic E-state index is 12.2. The monoisotopic (exact) mass is 238 g/mol. The van der Waals surface area contributed by atoms with E-state index in [1.54, 1.807) is 0 Å². The van der Waals surface area contributed by atoms with Crippen molar-refractivity contribution in [2.24, 2.45) is 17.1 Å². The molecule has 0 heterocycles. The lowest BCUT2D eigenvalue weighted by Crippen LogP contribution is -2.44. The Labute approximate surface area is 105 Å². The van der Waals surface area contributed by atoms with Crippen LogP contribution >= 0.6 is 0 Å². The molecule has 0 aromatic rings. The summed E-state index contributed by atoms with van der Waals surface area (Å²) in [5, 5.41) is 3.15. The second-order valence-corrected chi connectivity index (χ2v) is 6.19. The van der Waals surface area contributed by atoms with Gasteiger partial charge in [-0.15, -0.1) is 0 Å². The molecule has 2 aliphatic rings. The van der Waals surface area contributed by atoms with Crippen molar-refractivity contribution in [2.75, 3.05) is 6.54 Å². The molecule has 2 saturated carbocycles. The van der Waals surface area contributed by atoms with Crippen LogP contribution in [0.15, 0.2) is 0 Å². The number of nitrogens with one attached hydrogen (secondary N) is 1. The van der Waals surface area contributed by atoms with Crippen molar-refractivity contribution < 1.29 is 4.79 Å². The van der Waals surface area contributed by atoms with Gasteiger partial charge in [-0.05, 0) is 31.6 Å². The van der Waals surface area contributed by atoms with Gasteiger partial charge < -0.3 is 11.1 Å². The Balaban J connectivity index is 1.79. The van der Waals surface area contributed by atoms with Gasteiger partial charge in [-0.1, -0.05) is 32.6 Å². The average molecular weight is 238 g/mol. The molecule has 2 fully saturated rings. The summed E-state index contributed by atoms with van der Waals surface area (Å²) in [7, 11) is 0. The predicted octanol–water partition coefficient (Wildman–Crippen LogP) is 2.20. The summed E-state index contributed by atoms with van der Waals surface area (Å²) in [6.45, 7) is 2.89. The van der Waals surface area contributed by atoms with Crippen LogP contribution in [-0.2, 0) is 4.79 Å². The van der Waals surface area contributed by atoms with Gasteiger partial charge in [-0.3, -0.25) is 4.79 Å². The molecule has 3 heteroatoms. The normalized spacial score (nSPS) is 32.4. The molecule has 0 aromatic heterocycles. The van der Waals surface area contributed by atoms with E-state index in [0.29, 0.717) is 12.0 Å². The number of hydrogen-bond acceptors (Lipinski definition) is 2. The second kappa shape index (κ2) is 5.38. The molecule has 98 valence electrons. The van der Waals surface area contributed by atoms with Crippen LogP contribution < -0.4 is 11.1 Å². The fourth-order valence-corrected chi connectivity index (χ4v) is 3.31. The number of amides is 1. The van der Waals surface area contributed by atoms with E-state index in [4.69, 9.17) is 5.73 Å². The molecule has 0 spiro atoms. The number of carbonyl (C=O) groups is 1. The summed E-state index contributed by atoms with van der Waals surface area (Å²) < 4.78 is 0. The van der Waals surface area contributed by atoms with Crippen LogP contribution in [0.2, 0.25) is 0 Å². The first kappa shape index (κ1) is 12.9. The van der Waals surface area contributed by atoms with Gasteiger partial charge in [0, 0.05) is 18.0 Å². The average Bonchev–Trinajstić information content (AvgIpc) is 2.76. The Morgan fingerprint density at radius 2 is 1.88 bits per heavy atom. The summed E-state index contributed by atoms with van der Waals surface area (Å²) in [6, 6.07) is 0.292. The third-order valence-electron chi connectivity index (χ3n) is 4.75. The van der Waals surface area contributed by atoms with Gasteiger partial charge in [0.25, 0.3) is 0 Å². The van der Waals surface area contributed by atoms with E-state index >= 15 is 0 Å². The van der Waals surface area contributed by atoms with E-state index in [2.05, 4.69) is 12.2 Å². The summed E-state index contributed by atoms with van der Waals surface area (Å²) >= 11 is 0. The first-order valence-electron chi connectivity index (χ1n) is 7.16. The zero-order valence-corrected chi connectivity index (χ0v) is 11.0. The lowest BCUT2D eigenvalue weighted by molar-refractivity contribution is -0.130. The third kappa shape index (κ3) is 3.01. The molecular weight excluding hydrogens is 212 g/mol. The second-order valence-electron chi connectivity index (χ2n) is 6.19. The first-order valence-corrected chi connectivity index (χ1v) is 7.16. The lowest BCUT2D eigenvalue weighted by atomic mass is 9.84. The molecule has 0 aliphatic heterocycles.